The minimum Gasteiger partial charge on any atom is -0.298 e. The molecule has 0 N–H and O–H groups in total. The van der Waals surface area contributed by atoms with Crippen molar-refractivity contribution in [3.8, 4) is 11.1 Å². The Morgan fingerprint density at radius 1 is 1.25 bits per heavy atom. The summed E-state index contributed by atoms with van der Waals surface area (Å²) in [5, 5.41) is 0.565. The third-order valence-corrected chi connectivity index (χ3v) is 2.66. The van der Waals surface area contributed by atoms with Gasteiger partial charge in [0, 0.05) is 33.6 Å². The number of rotatable bonds is 2. The third kappa shape index (κ3) is 2.12. The molecule has 2 rings (SSSR count). The number of halogens is 1. The van der Waals surface area contributed by atoms with E-state index in [0.29, 0.717) is 10.6 Å². The average molecular weight is 232 g/mol. The normalized spacial score (nSPS) is 10.1. The molecule has 16 heavy (non-hydrogen) atoms. The summed E-state index contributed by atoms with van der Waals surface area (Å²) in [5.41, 5.74) is 3.38. The highest BCUT2D eigenvalue weighted by Gasteiger charge is 2.04. The molecule has 0 aliphatic rings. The number of hydrogen-bond acceptors (Lipinski definition) is 2. The van der Waals surface area contributed by atoms with E-state index >= 15 is 0 Å². The molecule has 0 atom stereocenters. The van der Waals surface area contributed by atoms with Crippen LogP contribution in [-0.4, -0.2) is 11.3 Å². The molecule has 1 heterocycles. The molecule has 80 valence electrons. The predicted octanol–water partition coefficient (Wildman–Crippen LogP) is 3.52. The summed E-state index contributed by atoms with van der Waals surface area (Å²) in [7, 11) is 0. The molecule has 1 aromatic heterocycles. The van der Waals surface area contributed by atoms with Gasteiger partial charge in [-0.3, -0.25) is 9.78 Å². The summed E-state index contributed by atoms with van der Waals surface area (Å²) in [6.45, 7) is 1.93. The van der Waals surface area contributed by atoms with Crippen molar-refractivity contribution in [3.63, 3.8) is 0 Å². The lowest BCUT2D eigenvalue weighted by atomic mass is 10.1. The molecule has 0 bridgehead atoms. The second-order valence-corrected chi connectivity index (χ2v) is 3.95. The second-order valence-electron chi connectivity index (χ2n) is 3.55. The molecule has 0 fully saturated rings. The number of carbonyl (C=O) groups is 1. The Morgan fingerprint density at radius 2 is 2.06 bits per heavy atom. The van der Waals surface area contributed by atoms with Gasteiger partial charge in [0.1, 0.15) is 6.29 Å². The highest BCUT2D eigenvalue weighted by Crippen LogP contribution is 2.27. The van der Waals surface area contributed by atoms with Gasteiger partial charge in [0.2, 0.25) is 0 Å². The van der Waals surface area contributed by atoms with Crippen molar-refractivity contribution in [1.29, 1.82) is 0 Å². The van der Waals surface area contributed by atoms with E-state index in [-0.39, 0.29) is 0 Å². The number of pyridine rings is 1. The maximum atomic E-state index is 10.6. The van der Waals surface area contributed by atoms with Gasteiger partial charge in [-0.05, 0) is 19.1 Å². The Hall–Kier alpha value is -1.67. The number of hydrogen-bond donors (Lipinski definition) is 0. The lowest BCUT2D eigenvalue weighted by Crippen LogP contribution is -1.86. The molecule has 0 aliphatic heterocycles. The van der Waals surface area contributed by atoms with Gasteiger partial charge in [-0.25, -0.2) is 0 Å². The zero-order valence-electron chi connectivity index (χ0n) is 8.77. The molecule has 0 saturated carbocycles. The van der Waals surface area contributed by atoms with Crippen molar-refractivity contribution < 1.29 is 4.79 Å². The van der Waals surface area contributed by atoms with Crippen molar-refractivity contribution in [3.05, 3.63) is 52.8 Å². The molecule has 0 amide bonds. The van der Waals surface area contributed by atoms with E-state index in [1.54, 1.807) is 18.3 Å². The maximum Gasteiger partial charge on any atom is 0.150 e. The fraction of sp³-hybridized carbons (Fsp3) is 0.0769. The Balaban J connectivity index is 2.48. The van der Waals surface area contributed by atoms with Crippen LogP contribution < -0.4 is 0 Å². The van der Waals surface area contributed by atoms with Gasteiger partial charge < -0.3 is 0 Å². The monoisotopic (exact) mass is 231 g/mol. The van der Waals surface area contributed by atoms with Gasteiger partial charge in [0.25, 0.3) is 0 Å². The first-order valence-corrected chi connectivity index (χ1v) is 5.26. The number of aryl methyl sites for hydroxylation is 1. The van der Waals surface area contributed by atoms with E-state index in [1.807, 2.05) is 25.1 Å². The first kappa shape index (κ1) is 10.8. The van der Waals surface area contributed by atoms with Crippen LogP contribution in [0.2, 0.25) is 5.02 Å². The van der Waals surface area contributed by atoms with Crippen LogP contribution in [0.3, 0.4) is 0 Å². The molecule has 0 aliphatic carbocycles. The first-order chi connectivity index (χ1) is 7.70. The van der Waals surface area contributed by atoms with E-state index < -0.39 is 0 Å². The molecule has 0 spiro atoms. The molecule has 0 radical (unpaired) electrons. The summed E-state index contributed by atoms with van der Waals surface area (Å²) >= 11 is 6.10. The number of benzene rings is 1. The summed E-state index contributed by atoms with van der Waals surface area (Å²) in [6, 6.07) is 9.12. The largest absolute Gasteiger partial charge is 0.298 e. The molecular weight excluding hydrogens is 222 g/mol. The van der Waals surface area contributed by atoms with Crippen LogP contribution in [0, 0.1) is 6.92 Å². The van der Waals surface area contributed by atoms with E-state index in [0.717, 1.165) is 23.1 Å². The smallest absolute Gasteiger partial charge is 0.150 e. The van der Waals surface area contributed by atoms with Crippen molar-refractivity contribution in [2.24, 2.45) is 0 Å². The zero-order valence-corrected chi connectivity index (χ0v) is 9.53. The Kier molecular flexibility index (Phi) is 3.02. The molecule has 0 saturated heterocycles. The van der Waals surface area contributed by atoms with Crippen LogP contribution in [0.15, 0.2) is 36.5 Å². The Morgan fingerprint density at radius 3 is 2.62 bits per heavy atom. The first-order valence-electron chi connectivity index (χ1n) is 4.88. The third-order valence-electron chi connectivity index (χ3n) is 2.35. The molecule has 0 unspecified atom stereocenters. The van der Waals surface area contributed by atoms with Crippen LogP contribution in [0.25, 0.3) is 11.1 Å². The van der Waals surface area contributed by atoms with Gasteiger partial charge in [-0.2, -0.15) is 0 Å². The van der Waals surface area contributed by atoms with Crippen molar-refractivity contribution in [1.82, 2.24) is 4.98 Å². The summed E-state index contributed by atoms with van der Waals surface area (Å²) in [5.74, 6) is 0. The van der Waals surface area contributed by atoms with Gasteiger partial charge >= 0.3 is 0 Å². The Labute approximate surface area is 98.9 Å². The van der Waals surface area contributed by atoms with E-state index in [2.05, 4.69) is 4.98 Å². The van der Waals surface area contributed by atoms with Gasteiger partial charge in [0.15, 0.2) is 0 Å². The van der Waals surface area contributed by atoms with Crippen LogP contribution >= 0.6 is 11.6 Å². The summed E-state index contributed by atoms with van der Waals surface area (Å²) in [4.78, 5) is 14.8. The number of carbonyl (C=O) groups excluding carboxylic acids is 1. The predicted molar refractivity (Wildman–Crippen MR) is 64.8 cm³/mol. The highest BCUT2D eigenvalue weighted by atomic mass is 35.5. The lowest BCUT2D eigenvalue weighted by molar-refractivity contribution is 0.112. The highest BCUT2D eigenvalue weighted by molar-refractivity contribution is 6.33. The van der Waals surface area contributed by atoms with E-state index in [9.17, 15) is 4.79 Å². The minimum absolute atomic E-state index is 0.565. The van der Waals surface area contributed by atoms with Gasteiger partial charge in [-0.15, -0.1) is 0 Å². The van der Waals surface area contributed by atoms with E-state index in [4.69, 9.17) is 11.6 Å². The van der Waals surface area contributed by atoms with Crippen LogP contribution in [0.5, 0.6) is 0 Å². The number of nitrogens with zero attached hydrogens (tertiary/aromatic N) is 1. The van der Waals surface area contributed by atoms with Crippen LogP contribution in [0.4, 0.5) is 0 Å². The zero-order chi connectivity index (χ0) is 11.5. The second kappa shape index (κ2) is 4.45. The topological polar surface area (TPSA) is 30.0 Å². The summed E-state index contributed by atoms with van der Waals surface area (Å²) < 4.78 is 0. The lowest BCUT2D eigenvalue weighted by Gasteiger charge is -2.04. The van der Waals surface area contributed by atoms with Gasteiger partial charge in [0.05, 0.1) is 0 Å². The molecule has 2 aromatic rings. The van der Waals surface area contributed by atoms with Crippen LogP contribution in [0.1, 0.15) is 16.1 Å². The average Bonchev–Trinajstić information content (AvgIpc) is 2.30. The SMILES string of the molecule is Cc1ccc(-c2ccc(C=O)cc2Cl)cn1. The summed E-state index contributed by atoms with van der Waals surface area (Å²) in [6.07, 6.45) is 2.56. The fourth-order valence-corrected chi connectivity index (χ4v) is 1.76. The standard InChI is InChI=1S/C13H10ClNO/c1-9-2-4-11(7-15-9)12-5-3-10(8-16)6-13(12)14/h2-8H,1H3. The molecule has 3 heteroatoms. The van der Waals surface area contributed by atoms with Crippen molar-refractivity contribution >= 4 is 17.9 Å². The fourth-order valence-electron chi connectivity index (χ4n) is 1.47. The molecular formula is C13H10ClNO. The number of aromatic nitrogens is 1. The quantitative estimate of drug-likeness (QED) is 0.741. The molecule has 1 aromatic carbocycles. The van der Waals surface area contributed by atoms with Gasteiger partial charge in [-0.1, -0.05) is 29.8 Å². The maximum absolute atomic E-state index is 10.6. The van der Waals surface area contributed by atoms with Crippen molar-refractivity contribution in [2.45, 2.75) is 6.92 Å². The molecule has 2 nitrogen and oxygen atoms in total. The number of aldehydes is 1. The van der Waals surface area contributed by atoms with Crippen LogP contribution in [-0.2, 0) is 0 Å². The Bertz CT molecular complexity index is 520. The minimum atomic E-state index is 0.565. The van der Waals surface area contributed by atoms with E-state index in [1.165, 1.54) is 0 Å². The van der Waals surface area contributed by atoms with Crippen molar-refractivity contribution in [2.75, 3.05) is 0 Å².